The summed E-state index contributed by atoms with van der Waals surface area (Å²) in [5.74, 6) is -0.272. The van der Waals surface area contributed by atoms with E-state index < -0.39 is 10.9 Å². The van der Waals surface area contributed by atoms with Gasteiger partial charge >= 0.3 is 11.7 Å². The number of pyridine rings is 1. The smallest absolute Gasteiger partial charge is 0.318 e. The highest BCUT2D eigenvalue weighted by Gasteiger charge is 2.31. The van der Waals surface area contributed by atoms with Gasteiger partial charge in [0.2, 0.25) is 5.82 Å². The van der Waals surface area contributed by atoms with Gasteiger partial charge < -0.3 is 15.4 Å². The first-order valence-electron chi connectivity index (χ1n) is 11.4. The van der Waals surface area contributed by atoms with Crippen molar-refractivity contribution < 1.29 is 19.2 Å². The molecule has 1 fully saturated rings. The Labute approximate surface area is 201 Å². The number of rotatable bonds is 6. The van der Waals surface area contributed by atoms with Crippen LogP contribution in [0.1, 0.15) is 52.7 Å². The Morgan fingerprint density at radius 2 is 2.00 bits per heavy atom. The number of anilines is 2. The van der Waals surface area contributed by atoms with Crippen molar-refractivity contribution in [3.63, 3.8) is 0 Å². The van der Waals surface area contributed by atoms with E-state index >= 15 is 0 Å². The zero-order chi connectivity index (χ0) is 24.7. The van der Waals surface area contributed by atoms with Crippen LogP contribution in [-0.4, -0.2) is 28.3 Å². The molecule has 1 aliphatic carbocycles. The second-order valence-corrected chi connectivity index (χ2v) is 8.83. The zero-order valence-electron chi connectivity index (χ0n) is 19.2. The molecule has 5 rings (SSSR count). The van der Waals surface area contributed by atoms with Crippen molar-refractivity contribution >= 4 is 29.1 Å². The molecule has 1 aliphatic heterocycles. The lowest BCUT2D eigenvalue weighted by Gasteiger charge is -2.31. The number of ether oxygens (including phenoxy) is 1. The number of esters is 1. The van der Waals surface area contributed by atoms with Gasteiger partial charge in [-0.1, -0.05) is 24.3 Å². The number of fused-ring (bicyclic) bond motifs is 1. The fourth-order valence-electron chi connectivity index (χ4n) is 4.69. The maximum absolute atomic E-state index is 13.6. The summed E-state index contributed by atoms with van der Waals surface area (Å²) >= 11 is 0. The quantitative estimate of drug-likeness (QED) is 0.320. The van der Waals surface area contributed by atoms with E-state index in [1.54, 1.807) is 23.1 Å². The number of nitro groups is 1. The third-order valence-electron chi connectivity index (χ3n) is 6.55. The first kappa shape index (κ1) is 22.5. The van der Waals surface area contributed by atoms with E-state index in [4.69, 9.17) is 10.5 Å². The molecule has 0 bridgehead atoms. The predicted octanol–water partition coefficient (Wildman–Crippen LogP) is 4.38. The van der Waals surface area contributed by atoms with Gasteiger partial charge in [-0.2, -0.15) is 0 Å². The molecule has 0 radical (unpaired) electrons. The van der Waals surface area contributed by atoms with Crippen molar-refractivity contribution in [3.8, 4) is 11.1 Å². The number of aromatic nitrogens is 1. The second-order valence-electron chi connectivity index (χ2n) is 8.83. The van der Waals surface area contributed by atoms with Crippen LogP contribution in [0.3, 0.4) is 0 Å². The molecule has 0 atom stereocenters. The fourth-order valence-corrected chi connectivity index (χ4v) is 4.69. The van der Waals surface area contributed by atoms with Crippen molar-refractivity contribution in [1.82, 2.24) is 4.98 Å². The second kappa shape index (κ2) is 8.83. The van der Waals surface area contributed by atoms with Crippen molar-refractivity contribution in [2.24, 2.45) is 0 Å². The van der Waals surface area contributed by atoms with Gasteiger partial charge in [-0.15, -0.1) is 0 Å². The van der Waals surface area contributed by atoms with E-state index in [1.807, 2.05) is 12.1 Å². The minimum atomic E-state index is -0.584. The normalized spacial score (nSPS) is 15.0. The molecule has 2 aromatic carbocycles. The molecule has 178 valence electrons. The van der Waals surface area contributed by atoms with Gasteiger partial charge in [-0.3, -0.25) is 19.7 Å². The highest BCUT2D eigenvalue weighted by atomic mass is 16.6. The molecule has 1 amide bonds. The molecule has 35 heavy (non-hydrogen) atoms. The van der Waals surface area contributed by atoms with E-state index in [1.165, 1.54) is 37.6 Å². The summed E-state index contributed by atoms with van der Waals surface area (Å²) in [6.07, 6.45) is 4.45. The zero-order valence-corrected chi connectivity index (χ0v) is 19.2. The largest absolute Gasteiger partial charge is 0.461 e. The van der Waals surface area contributed by atoms with Crippen LogP contribution in [0.15, 0.2) is 48.7 Å². The molecular weight excluding hydrogens is 448 g/mol. The summed E-state index contributed by atoms with van der Waals surface area (Å²) in [4.78, 5) is 41.9. The molecule has 9 nitrogen and oxygen atoms in total. The number of nitrogens with two attached hydrogens (primary N) is 1. The summed E-state index contributed by atoms with van der Waals surface area (Å²) in [5, 5.41) is 11.8. The van der Waals surface area contributed by atoms with Crippen molar-refractivity contribution in [3.05, 3.63) is 81.0 Å². The third kappa shape index (κ3) is 4.21. The van der Waals surface area contributed by atoms with Crippen LogP contribution in [0.2, 0.25) is 0 Å². The predicted molar refractivity (Wildman–Crippen MR) is 130 cm³/mol. The molecule has 0 saturated heterocycles. The SMILES string of the molecule is CC(=O)OCc1c(-c2ccnc(N)c2[N+](=O)[O-])cccc1N1CCc2cc(C3CC3)ccc2C1=O. The Morgan fingerprint density at radius 3 is 2.71 bits per heavy atom. The van der Waals surface area contributed by atoms with Gasteiger partial charge in [0.25, 0.3) is 5.91 Å². The van der Waals surface area contributed by atoms with Gasteiger partial charge in [0.15, 0.2) is 0 Å². The first-order valence-corrected chi connectivity index (χ1v) is 11.4. The number of benzene rings is 2. The standard InChI is InChI=1S/C26H24N4O5/c1-15(31)35-14-22-20(21-9-11-28-25(27)24(21)30(33)34)3-2-4-23(22)29-12-10-18-13-17(16-5-6-16)7-8-19(18)26(29)32/h2-4,7-9,11,13,16H,5-6,10,12,14H2,1H3,(H2,27,28). The summed E-state index contributed by atoms with van der Waals surface area (Å²) in [6, 6.07) is 12.7. The van der Waals surface area contributed by atoms with E-state index in [-0.39, 0.29) is 29.6 Å². The Bertz CT molecular complexity index is 1370. The molecule has 9 heteroatoms. The van der Waals surface area contributed by atoms with Crippen LogP contribution in [0.25, 0.3) is 11.1 Å². The van der Waals surface area contributed by atoms with Crippen LogP contribution in [-0.2, 0) is 22.6 Å². The Hall–Kier alpha value is -4.27. The Kier molecular flexibility index (Phi) is 5.68. The van der Waals surface area contributed by atoms with Crippen LogP contribution < -0.4 is 10.6 Å². The maximum atomic E-state index is 13.6. The average Bonchev–Trinajstić information content (AvgIpc) is 3.68. The summed E-state index contributed by atoms with van der Waals surface area (Å²) < 4.78 is 5.31. The monoisotopic (exact) mass is 472 g/mol. The van der Waals surface area contributed by atoms with Gasteiger partial charge in [0.05, 0.1) is 16.2 Å². The van der Waals surface area contributed by atoms with Crippen LogP contribution >= 0.6 is 0 Å². The van der Waals surface area contributed by atoms with Crippen LogP contribution in [0.5, 0.6) is 0 Å². The van der Waals surface area contributed by atoms with Crippen LogP contribution in [0.4, 0.5) is 17.2 Å². The summed E-state index contributed by atoms with van der Waals surface area (Å²) in [7, 11) is 0. The number of amides is 1. The highest BCUT2D eigenvalue weighted by molar-refractivity contribution is 6.09. The molecule has 2 heterocycles. The number of hydrogen-bond acceptors (Lipinski definition) is 7. The van der Waals surface area contributed by atoms with Gasteiger partial charge in [-0.05, 0) is 60.1 Å². The van der Waals surface area contributed by atoms with E-state index in [2.05, 4.69) is 11.1 Å². The molecule has 2 N–H and O–H groups in total. The molecular formula is C26H24N4O5. The van der Waals surface area contributed by atoms with Crippen molar-refractivity contribution in [2.75, 3.05) is 17.2 Å². The van der Waals surface area contributed by atoms with E-state index in [0.29, 0.717) is 41.3 Å². The van der Waals surface area contributed by atoms with Gasteiger partial charge in [0.1, 0.15) is 6.61 Å². The summed E-state index contributed by atoms with van der Waals surface area (Å²) in [5.41, 5.74) is 10.2. The van der Waals surface area contributed by atoms with Crippen molar-refractivity contribution in [1.29, 1.82) is 0 Å². The first-order chi connectivity index (χ1) is 16.8. The Morgan fingerprint density at radius 1 is 1.20 bits per heavy atom. The molecule has 1 saturated carbocycles. The number of nitrogen functional groups attached to an aromatic ring is 1. The average molecular weight is 473 g/mol. The molecule has 0 spiro atoms. The van der Waals surface area contributed by atoms with Crippen LogP contribution in [0, 0.1) is 10.1 Å². The number of carbonyl (C=O) groups excluding carboxylic acids is 2. The minimum absolute atomic E-state index is 0.154. The van der Waals surface area contributed by atoms with Crippen molar-refractivity contribution in [2.45, 2.75) is 38.7 Å². The number of nitrogens with zero attached hydrogens (tertiary/aromatic N) is 3. The maximum Gasteiger partial charge on any atom is 0.318 e. The minimum Gasteiger partial charge on any atom is -0.461 e. The van der Waals surface area contributed by atoms with Gasteiger partial charge in [0, 0.05) is 30.8 Å². The highest BCUT2D eigenvalue weighted by Crippen LogP contribution is 2.42. The fraction of sp³-hybridized carbons (Fsp3) is 0.269. The Balaban J connectivity index is 1.61. The van der Waals surface area contributed by atoms with E-state index in [0.717, 1.165) is 5.56 Å². The lowest BCUT2D eigenvalue weighted by molar-refractivity contribution is -0.383. The molecule has 1 aromatic heterocycles. The summed E-state index contributed by atoms with van der Waals surface area (Å²) in [6.45, 7) is 1.57. The number of carbonyl (C=O) groups is 2. The molecule has 2 aliphatic rings. The topological polar surface area (TPSA) is 129 Å². The molecule has 3 aromatic rings. The lowest BCUT2D eigenvalue weighted by atomic mass is 9.93. The number of hydrogen-bond donors (Lipinski definition) is 1. The third-order valence-corrected chi connectivity index (χ3v) is 6.55. The lowest BCUT2D eigenvalue weighted by Crippen LogP contribution is -2.38. The van der Waals surface area contributed by atoms with Gasteiger partial charge in [-0.25, -0.2) is 4.98 Å². The van der Waals surface area contributed by atoms with E-state index in [9.17, 15) is 19.7 Å². The molecule has 0 unspecified atom stereocenters.